The summed E-state index contributed by atoms with van der Waals surface area (Å²) >= 11 is 0. The highest BCUT2D eigenvalue weighted by Gasteiger charge is 2.21. The predicted molar refractivity (Wildman–Crippen MR) is 81.5 cm³/mol. The van der Waals surface area contributed by atoms with E-state index in [1.165, 1.54) is 0 Å². The summed E-state index contributed by atoms with van der Waals surface area (Å²) in [6.07, 6.45) is 0.617. The van der Waals surface area contributed by atoms with Crippen molar-refractivity contribution in [1.82, 2.24) is 4.90 Å². The van der Waals surface area contributed by atoms with Gasteiger partial charge in [0.1, 0.15) is 0 Å². The van der Waals surface area contributed by atoms with Crippen LogP contribution in [0.25, 0.3) is 0 Å². The summed E-state index contributed by atoms with van der Waals surface area (Å²) in [5, 5.41) is 9.35. The van der Waals surface area contributed by atoms with Crippen molar-refractivity contribution in [3.8, 4) is 0 Å². The monoisotopic (exact) mass is 299 g/mol. The van der Waals surface area contributed by atoms with E-state index in [0.717, 1.165) is 5.56 Å². The number of nitrogens with zero attached hydrogens (tertiary/aromatic N) is 1. The quantitative estimate of drug-likeness (QED) is 0.837. The van der Waals surface area contributed by atoms with Crippen LogP contribution in [0.15, 0.2) is 29.2 Å². The minimum absolute atomic E-state index is 0.0722. The molecule has 0 radical (unpaired) electrons. The molecule has 114 valence electrons. The van der Waals surface area contributed by atoms with E-state index in [2.05, 4.69) is 0 Å². The van der Waals surface area contributed by atoms with Crippen LogP contribution in [0.3, 0.4) is 0 Å². The molecule has 0 amide bonds. The molecular weight excluding hydrogens is 274 g/mol. The van der Waals surface area contributed by atoms with Gasteiger partial charge >= 0.3 is 0 Å². The Morgan fingerprint density at radius 3 is 2.15 bits per heavy atom. The third-order valence-electron chi connectivity index (χ3n) is 3.44. The van der Waals surface area contributed by atoms with Crippen LogP contribution < -0.4 is 0 Å². The second-order valence-electron chi connectivity index (χ2n) is 5.46. The fraction of sp³-hybridized carbons (Fsp3) is 0.600. The van der Waals surface area contributed by atoms with E-state index in [0.29, 0.717) is 11.3 Å². The van der Waals surface area contributed by atoms with Crippen LogP contribution in [-0.2, 0) is 9.84 Å². The molecule has 2 unspecified atom stereocenters. The van der Waals surface area contributed by atoms with Crippen LogP contribution in [0.4, 0.5) is 0 Å². The second-order valence-corrected chi connectivity index (χ2v) is 7.57. The Morgan fingerprint density at radius 1 is 1.20 bits per heavy atom. The fourth-order valence-corrected chi connectivity index (χ4v) is 3.82. The zero-order chi connectivity index (χ0) is 15.3. The molecule has 0 aliphatic heterocycles. The average Bonchev–Trinajstić information content (AvgIpc) is 2.38. The van der Waals surface area contributed by atoms with Crippen molar-refractivity contribution in [2.75, 3.05) is 26.5 Å². The summed E-state index contributed by atoms with van der Waals surface area (Å²) in [4.78, 5) is 2.41. The fourth-order valence-electron chi connectivity index (χ4n) is 2.49. The normalized spacial score (nSPS) is 15.3. The second kappa shape index (κ2) is 7.20. The van der Waals surface area contributed by atoms with Crippen LogP contribution >= 0.6 is 0 Å². The number of hydrogen-bond donors (Lipinski definition) is 1. The number of hydrogen-bond acceptors (Lipinski definition) is 4. The maximum Gasteiger partial charge on any atom is 0.178 e. The molecule has 20 heavy (non-hydrogen) atoms. The van der Waals surface area contributed by atoms with Crippen molar-refractivity contribution in [2.45, 2.75) is 31.2 Å². The van der Waals surface area contributed by atoms with E-state index in [-0.39, 0.29) is 24.3 Å². The summed E-state index contributed by atoms with van der Waals surface area (Å²) in [5.41, 5.74) is 1.02. The van der Waals surface area contributed by atoms with Crippen molar-refractivity contribution >= 4 is 9.84 Å². The molecule has 0 heterocycles. The first-order valence-corrected chi connectivity index (χ1v) is 8.58. The molecule has 0 saturated carbocycles. The number of sulfone groups is 1. The van der Waals surface area contributed by atoms with Gasteiger partial charge in [0.15, 0.2) is 9.84 Å². The van der Waals surface area contributed by atoms with Crippen LogP contribution in [0.5, 0.6) is 0 Å². The molecule has 0 aromatic heterocycles. The van der Waals surface area contributed by atoms with Gasteiger partial charge in [0.25, 0.3) is 0 Å². The molecule has 0 bridgehead atoms. The highest BCUT2D eigenvalue weighted by atomic mass is 32.2. The van der Waals surface area contributed by atoms with Crippen molar-refractivity contribution in [3.05, 3.63) is 29.8 Å². The first-order valence-electron chi connectivity index (χ1n) is 6.93. The van der Waals surface area contributed by atoms with Gasteiger partial charge < -0.3 is 10.0 Å². The Bertz CT molecular complexity index is 508. The highest BCUT2D eigenvalue weighted by Crippen LogP contribution is 2.27. The van der Waals surface area contributed by atoms with Crippen molar-refractivity contribution in [2.24, 2.45) is 5.92 Å². The molecule has 1 aromatic rings. The average molecular weight is 299 g/mol. The van der Waals surface area contributed by atoms with Crippen molar-refractivity contribution < 1.29 is 13.5 Å². The zero-order valence-corrected chi connectivity index (χ0v) is 13.5. The summed E-state index contributed by atoms with van der Waals surface area (Å²) in [6.45, 7) is 3.93. The van der Waals surface area contributed by atoms with Gasteiger partial charge in [-0.25, -0.2) is 8.42 Å². The topological polar surface area (TPSA) is 57.6 Å². The molecule has 0 aliphatic rings. The largest absolute Gasteiger partial charge is 0.396 e. The van der Waals surface area contributed by atoms with Crippen LogP contribution in [-0.4, -0.2) is 44.9 Å². The molecule has 4 nitrogen and oxygen atoms in total. The molecule has 0 fully saturated rings. The summed E-state index contributed by atoms with van der Waals surface area (Å²) in [7, 11) is 0.752. The number of aliphatic hydroxyl groups is 1. The number of benzene rings is 1. The summed E-state index contributed by atoms with van der Waals surface area (Å²) in [5.74, 6) is 0.263. The Morgan fingerprint density at radius 2 is 1.75 bits per heavy atom. The van der Waals surface area contributed by atoms with E-state index in [9.17, 15) is 13.5 Å². The molecule has 0 aliphatic carbocycles. The Balaban J connectivity index is 3.06. The van der Waals surface area contributed by atoms with Crippen molar-refractivity contribution in [3.63, 3.8) is 0 Å². The minimum Gasteiger partial charge on any atom is -0.396 e. The van der Waals surface area contributed by atoms with Crippen LogP contribution in [0.1, 0.15) is 31.9 Å². The summed E-state index contributed by atoms with van der Waals surface area (Å²) < 4.78 is 24.0. The Hall–Kier alpha value is -0.910. The lowest BCUT2D eigenvalue weighted by Gasteiger charge is -2.29. The molecule has 1 rings (SSSR count). The van der Waals surface area contributed by atoms with Gasteiger partial charge in [-0.1, -0.05) is 26.0 Å². The molecule has 5 heteroatoms. The van der Waals surface area contributed by atoms with Gasteiger partial charge in [-0.05, 0) is 44.1 Å². The predicted octanol–water partition coefficient (Wildman–Crippen LogP) is 2.10. The lowest BCUT2D eigenvalue weighted by Crippen LogP contribution is -2.27. The Labute approximate surface area is 122 Å². The van der Waals surface area contributed by atoms with E-state index in [1.807, 2.05) is 45.0 Å². The third kappa shape index (κ3) is 4.04. The van der Waals surface area contributed by atoms with Gasteiger partial charge in [0, 0.05) is 12.6 Å². The highest BCUT2D eigenvalue weighted by molar-refractivity contribution is 7.91. The van der Waals surface area contributed by atoms with Crippen LogP contribution in [0.2, 0.25) is 0 Å². The molecule has 2 atom stereocenters. The van der Waals surface area contributed by atoms with Gasteiger partial charge in [0.2, 0.25) is 0 Å². The minimum atomic E-state index is -3.16. The lowest BCUT2D eigenvalue weighted by atomic mass is 9.94. The molecule has 0 spiro atoms. The smallest absolute Gasteiger partial charge is 0.178 e. The molecule has 0 saturated heterocycles. The maximum atomic E-state index is 12.0. The molecular formula is C15H25NO3S. The standard InChI is InChI=1S/C15H25NO3S/c1-5-10-20(18,19)14-8-6-13(7-9-14)15(16(3)4)12(2)11-17/h6-9,12,15,17H,5,10-11H2,1-4H3. The Kier molecular flexibility index (Phi) is 6.17. The molecule has 1 N–H and O–H groups in total. The molecule has 1 aromatic carbocycles. The van der Waals surface area contributed by atoms with Gasteiger partial charge in [-0.3, -0.25) is 0 Å². The maximum absolute atomic E-state index is 12.0. The first kappa shape index (κ1) is 17.1. The number of aliphatic hydroxyl groups excluding tert-OH is 1. The van der Waals surface area contributed by atoms with E-state index >= 15 is 0 Å². The first-order chi connectivity index (χ1) is 9.33. The van der Waals surface area contributed by atoms with Gasteiger partial charge in [-0.15, -0.1) is 0 Å². The van der Waals surface area contributed by atoms with Crippen LogP contribution in [0, 0.1) is 5.92 Å². The van der Waals surface area contributed by atoms with Crippen molar-refractivity contribution in [1.29, 1.82) is 0 Å². The van der Waals surface area contributed by atoms with Gasteiger partial charge in [0.05, 0.1) is 10.6 Å². The lowest BCUT2D eigenvalue weighted by molar-refractivity contribution is 0.145. The van der Waals surface area contributed by atoms with E-state index < -0.39 is 9.84 Å². The van der Waals surface area contributed by atoms with Gasteiger partial charge in [-0.2, -0.15) is 0 Å². The summed E-state index contributed by atoms with van der Waals surface area (Å²) in [6, 6.07) is 7.10. The number of rotatable bonds is 7. The SMILES string of the molecule is CCCS(=O)(=O)c1ccc(C(C(C)CO)N(C)C)cc1. The van der Waals surface area contributed by atoms with E-state index in [4.69, 9.17) is 0 Å². The third-order valence-corrected chi connectivity index (χ3v) is 5.37. The van der Waals surface area contributed by atoms with E-state index in [1.54, 1.807) is 12.1 Å². The zero-order valence-electron chi connectivity index (χ0n) is 12.7.